The molecule has 0 aromatic heterocycles. The van der Waals surface area contributed by atoms with Crippen molar-refractivity contribution in [3.63, 3.8) is 0 Å². The zero-order valence-electron chi connectivity index (χ0n) is 14.8. The van der Waals surface area contributed by atoms with Gasteiger partial charge in [-0.3, -0.25) is 4.79 Å². The highest BCUT2D eigenvalue weighted by Crippen LogP contribution is 2.27. The number of hydrogen-bond donors (Lipinski definition) is 1. The Morgan fingerprint density at radius 3 is 2.38 bits per heavy atom. The minimum absolute atomic E-state index is 0.103. The molecule has 0 atom stereocenters. The van der Waals surface area contributed by atoms with Crippen LogP contribution in [0.2, 0.25) is 0 Å². The van der Waals surface area contributed by atoms with Crippen molar-refractivity contribution < 1.29 is 23.4 Å². The van der Waals surface area contributed by atoms with Gasteiger partial charge in [0.15, 0.2) is 6.61 Å². The number of ether oxygens (including phenoxy) is 3. The van der Waals surface area contributed by atoms with E-state index in [1.807, 2.05) is 6.07 Å². The third-order valence-electron chi connectivity index (χ3n) is 3.48. The summed E-state index contributed by atoms with van der Waals surface area (Å²) in [4.78, 5) is 11.8. The van der Waals surface area contributed by atoms with E-state index in [9.17, 15) is 9.18 Å². The van der Waals surface area contributed by atoms with E-state index in [0.717, 1.165) is 0 Å². The number of nitrogens with one attached hydrogen (secondary N) is 1. The first-order chi connectivity index (χ1) is 12.6. The number of thioether (sulfide) groups is 1. The molecule has 0 saturated heterocycles. The molecule has 26 heavy (non-hydrogen) atoms. The first-order valence-corrected chi connectivity index (χ1v) is 9.21. The van der Waals surface area contributed by atoms with E-state index in [2.05, 4.69) is 5.32 Å². The molecular formula is C19H22FNO4S. The summed E-state index contributed by atoms with van der Waals surface area (Å²) < 4.78 is 29.2. The number of amides is 1. The predicted molar refractivity (Wildman–Crippen MR) is 101 cm³/mol. The summed E-state index contributed by atoms with van der Waals surface area (Å²) in [6.07, 6.45) is 0. The molecule has 0 spiro atoms. The third-order valence-corrected chi connectivity index (χ3v) is 4.49. The molecule has 0 aliphatic carbocycles. The van der Waals surface area contributed by atoms with Crippen molar-refractivity contribution >= 4 is 17.7 Å². The standard InChI is InChI=1S/C19H22FNO4S/c1-23-15-9-16(24-2)11-17(10-15)25-12-19(22)21-7-8-26-13-14-5-3-4-6-18(14)20/h3-6,9-11H,7-8,12-13H2,1-2H3,(H,21,22). The highest BCUT2D eigenvalue weighted by atomic mass is 32.2. The molecular weight excluding hydrogens is 357 g/mol. The first kappa shape index (κ1) is 19.9. The lowest BCUT2D eigenvalue weighted by Gasteiger charge is -2.10. The molecule has 1 N–H and O–H groups in total. The molecule has 2 aromatic rings. The summed E-state index contributed by atoms with van der Waals surface area (Å²) >= 11 is 1.56. The number of hydrogen-bond acceptors (Lipinski definition) is 5. The molecule has 0 bridgehead atoms. The van der Waals surface area contributed by atoms with E-state index < -0.39 is 0 Å². The van der Waals surface area contributed by atoms with Gasteiger partial charge < -0.3 is 19.5 Å². The topological polar surface area (TPSA) is 56.8 Å². The fourth-order valence-corrected chi connectivity index (χ4v) is 2.97. The normalized spacial score (nSPS) is 10.3. The molecule has 1 amide bonds. The predicted octanol–water partition coefficient (Wildman–Crippen LogP) is 3.27. The molecule has 0 fully saturated rings. The largest absolute Gasteiger partial charge is 0.496 e. The number of carbonyl (C=O) groups excluding carboxylic acids is 1. The lowest BCUT2D eigenvalue weighted by atomic mass is 10.2. The summed E-state index contributed by atoms with van der Waals surface area (Å²) in [6, 6.07) is 11.8. The average Bonchev–Trinajstić information content (AvgIpc) is 2.67. The van der Waals surface area contributed by atoms with E-state index in [1.165, 1.54) is 6.07 Å². The van der Waals surface area contributed by atoms with Gasteiger partial charge in [0.25, 0.3) is 5.91 Å². The Morgan fingerprint density at radius 2 is 1.73 bits per heavy atom. The van der Waals surface area contributed by atoms with Crippen molar-refractivity contribution in [2.24, 2.45) is 0 Å². The van der Waals surface area contributed by atoms with Crippen LogP contribution in [0.25, 0.3) is 0 Å². The van der Waals surface area contributed by atoms with Gasteiger partial charge in [0.2, 0.25) is 0 Å². The summed E-state index contributed by atoms with van der Waals surface area (Å²) in [5.41, 5.74) is 0.666. The van der Waals surface area contributed by atoms with Crippen LogP contribution in [0, 0.1) is 5.82 Å². The molecule has 0 heterocycles. The van der Waals surface area contributed by atoms with Crippen molar-refractivity contribution in [2.75, 3.05) is 33.1 Å². The third kappa shape index (κ3) is 6.48. The van der Waals surface area contributed by atoms with Crippen molar-refractivity contribution in [1.29, 1.82) is 0 Å². The number of halogens is 1. The minimum Gasteiger partial charge on any atom is -0.496 e. The maximum atomic E-state index is 13.5. The van der Waals surface area contributed by atoms with Crippen LogP contribution < -0.4 is 19.5 Å². The monoisotopic (exact) mass is 379 g/mol. The Labute approximate surface area is 156 Å². The highest BCUT2D eigenvalue weighted by Gasteiger charge is 2.06. The van der Waals surface area contributed by atoms with E-state index in [0.29, 0.717) is 40.9 Å². The van der Waals surface area contributed by atoms with Gasteiger partial charge in [0.1, 0.15) is 23.1 Å². The van der Waals surface area contributed by atoms with Gasteiger partial charge >= 0.3 is 0 Å². The highest BCUT2D eigenvalue weighted by molar-refractivity contribution is 7.98. The molecule has 140 valence electrons. The Kier molecular flexibility index (Phi) is 8.08. The Morgan fingerprint density at radius 1 is 1.08 bits per heavy atom. The lowest BCUT2D eigenvalue weighted by Crippen LogP contribution is -2.30. The van der Waals surface area contributed by atoms with Crippen LogP contribution in [0.5, 0.6) is 17.2 Å². The molecule has 0 unspecified atom stereocenters. The van der Waals surface area contributed by atoms with Crippen molar-refractivity contribution in [3.05, 3.63) is 53.8 Å². The van der Waals surface area contributed by atoms with E-state index in [4.69, 9.17) is 14.2 Å². The molecule has 0 saturated carbocycles. The summed E-state index contributed by atoms with van der Waals surface area (Å²) in [6.45, 7) is 0.386. The molecule has 7 heteroatoms. The average molecular weight is 379 g/mol. The van der Waals surface area contributed by atoms with Gasteiger partial charge in [-0.15, -0.1) is 0 Å². The van der Waals surface area contributed by atoms with Gasteiger partial charge in [-0.2, -0.15) is 11.8 Å². The van der Waals surface area contributed by atoms with Crippen LogP contribution >= 0.6 is 11.8 Å². The second-order valence-corrected chi connectivity index (χ2v) is 6.44. The van der Waals surface area contributed by atoms with Crippen molar-refractivity contribution in [1.82, 2.24) is 5.32 Å². The summed E-state index contributed by atoms with van der Waals surface area (Å²) in [7, 11) is 3.09. The lowest BCUT2D eigenvalue weighted by molar-refractivity contribution is -0.122. The summed E-state index contributed by atoms with van der Waals surface area (Å²) in [5, 5.41) is 2.77. The van der Waals surface area contributed by atoms with Crippen LogP contribution in [0.3, 0.4) is 0 Å². The maximum Gasteiger partial charge on any atom is 0.257 e. The second kappa shape index (κ2) is 10.6. The fraction of sp³-hybridized carbons (Fsp3) is 0.316. The quantitative estimate of drug-likeness (QED) is 0.642. The second-order valence-electron chi connectivity index (χ2n) is 5.33. The van der Waals surface area contributed by atoms with Gasteiger partial charge in [0.05, 0.1) is 14.2 Å². The van der Waals surface area contributed by atoms with Crippen LogP contribution in [-0.2, 0) is 10.5 Å². The van der Waals surface area contributed by atoms with E-state index in [1.54, 1.807) is 56.3 Å². The van der Waals surface area contributed by atoms with E-state index >= 15 is 0 Å². The number of carbonyl (C=O) groups is 1. The molecule has 0 aliphatic rings. The van der Waals surface area contributed by atoms with Crippen LogP contribution in [0.15, 0.2) is 42.5 Å². The van der Waals surface area contributed by atoms with Crippen LogP contribution in [0.4, 0.5) is 4.39 Å². The molecule has 0 radical (unpaired) electrons. The van der Waals surface area contributed by atoms with Gasteiger partial charge in [-0.25, -0.2) is 4.39 Å². The van der Waals surface area contributed by atoms with Crippen molar-refractivity contribution in [2.45, 2.75) is 5.75 Å². The number of benzene rings is 2. The van der Waals surface area contributed by atoms with Gasteiger partial charge in [-0.1, -0.05) is 18.2 Å². The SMILES string of the molecule is COc1cc(OC)cc(OCC(=O)NCCSCc2ccccc2F)c1. The Balaban J connectivity index is 1.67. The number of methoxy groups -OCH3 is 2. The van der Waals surface area contributed by atoms with Gasteiger partial charge in [-0.05, 0) is 11.6 Å². The first-order valence-electron chi connectivity index (χ1n) is 8.06. The smallest absolute Gasteiger partial charge is 0.257 e. The van der Waals surface area contributed by atoms with Gasteiger partial charge in [0, 0.05) is 36.2 Å². The maximum absolute atomic E-state index is 13.5. The number of rotatable bonds is 10. The zero-order chi connectivity index (χ0) is 18.8. The van der Waals surface area contributed by atoms with Crippen molar-refractivity contribution in [3.8, 4) is 17.2 Å². The van der Waals surface area contributed by atoms with Crippen LogP contribution in [-0.4, -0.2) is 39.0 Å². The molecule has 5 nitrogen and oxygen atoms in total. The Bertz CT molecular complexity index is 704. The summed E-state index contributed by atoms with van der Waals surface area (Å²) in [5.74, 6) is 2.50. The molecule has 0 aliphatic heterocycles. The molecule has 2 aromatic carbocycles. The zero-order valence-corrected chi connectivity index (χ0v) is 15.6. The minimum atomic E-state index is -0.224. The fourth-order valence-electron chi connectivity index (χ4n) is 2.12. The van der Waals surface area contributed by atoms with Crippen LogP contribution in [0.1, 0.15) is 5.56 Å². The van der Waals surface area contributed by atoms with E-state index in [-0.39, 0.29) is 18.3 Å². The molecule has 2 rings (SSSR count). The Hall–Kier alpha value is -2.41.